The Hall–Kier alpha value is -3.61. The summed E-state index contributed by atoms with van der Waals surface area (Å²) in [5, 5.41) is 8.77. The topological polar surface area (TPSA) is 71.7 Å². The molecule has 0 saturated carbocycles. The molecule has 3 heterocycles. The van der Waals surface area contributed by atoms with Gasteiger partial charge in [0.2, 0.25) is 5.91 Å². The molecule has 0 radical (unpaired) electrons. The molecule has 0 spiro atoms. The SMILES string of the molecule is CCOc1ccc(-c2ccc(N3CCN(C(=O)/C=C/c4ccco4)CC3)nn2)cc1. The van der Waals surface area contributed by atoms with Crippen molar-refractivity contribution in [1.29, 1.82) is 0 Å². The highest BCUT2D eigenvalue weighted by atomic mass is 16.5. The molecule has 1 aliphatic rings. The lowest BCUT2D eigenvalue weighted by Gasteiger charge is -2.34. The highest BCUT2D eigenvalue weighted by Gasteiger charge is 2.21. The summed E-state index contributed by atoms with van der Waals surface area (Å²) < 4.78 is 10.7. The fraction of sp³-hybridized carbons (Fsp3) is 0.261. The Bertz CT molecular complexity index is 974. The van der Waals surface area contributed by atoms with E-state index in [0.29, 0.717) is 25.5 Å². The van der Waals surface area contributed by atoms with E-state index in [1.54, 1.807) is 24.5 Å². The third-order valence-corrected chi connectivity index (χ3v) is 4.96. The number of carbonyl (C=O) groups is 1. The van der Waals surface area contributed by atoms with Gasteiger partial charge in [-0.15, -0.1) is 10.2 Å². The fourth-order valence-corrected chi connectivity index (χ4v) is 3.34. The second kappa shape index (κ2) is 9.26. The van der Waals surface area contributed by atoms with Gasteiger partial charge in [0.25, 0.3) is 0 Å². The molecule has 0 bridgehead atoms. The minimum atomic E-state index is -0.0111. The van der Waals surface area contributed by atoms with Crippen LogP contribution in [0.2, 0.25) is 0 Å². The van der Waals surface area contributed by atoms with Gasteiger partial charge in [-0.1, -0.05) is 0 Å². The van der Waals surface area contributed by atoms with E-state index >= 15 is 0 Å². The zero-order chi connectivity index (χ0) is 20.8. The summed E-state index contributed by atoms with van der Waals surface area (Å²) in [6.07, 6.45) is 4.84. The van der Waals surface area contributed by atoms with Gasteiger partial charge in [0.15, 0.2) is 5.82 Å². The summed E-state index contributed by atoms with van der Waals surface area (Å²) in [6.45, 7) is 5.33. The van der Waals surface area contributed by atoms with E-state index in [9.17, 15) is 4.79 Å². The van der Waals surface area contributed by atoms with Crippen molar-refractivity contribution in [3.8, 4) is 17.0 Å². The lowest BCUT2D eigenvalue weighted by Crippen LogP contribution is -2.48. The van der Waals surface area contributed by atoms with E-state index in [1.807, 2.05) is 54.3 Å². The maximum atomic E-state index is 12.3. The van der Waals surface area contributed by atoms with Gasteiger partial charge in [-0.3, -0.25) is 4.79 Å². The number of carbonyl (C=O) groups excluding carboxylic acids is 1. The van der Waals surface area contributed by atoms with Gasteiger partial charge in [0.05, 0.1) is 18.6 Å². The van der Waals surface area contributed by atoms with E-state index in [2.05, 4.69) is 15.1 Å². The van der Waals surface area contributed by atoms with Crippen LogP contribution in [0.1, 0.15) is 12.7 Å². The summed E-state index contributed by atoms with van der Waals surface area (Å²) >= 11 is 0. The Morgan fingerprint density at radius 1 is 1.07 bits per heavy atom. The molecule has 1 amide bonds. The van der Waals surface area contributed by atoms with Crippen LogP contribution in [0.5, 0.6) is 5.75 Å². The van der Waals surface area contributed by atoms with Crippen LogP contribution < -0.4 is 9.64 Å². The van der Waals surface area contributed by atoms with Crippen molar-refractivity contribution < 1.29 is 13.9 Å². The molecule has 1 fully saturated rings. The summed E-state index contributed by atoms with van der Waals surface area (Å²) in [4.78, 5) is 16.3. The molecular weight excluding hydrogens is 380 g/mol. The number of hydrogen-bond donors (Lipinski definition) is 0. The predicted octanol–water partition coefficient (Wildman–Crippen LogP) is 3.50. The van der Waals surface area contributed by atoms with E-state index in [1.165, 1.54) is 0 Å². The minimum Gasteiger partial charge on any atom is -0.494 e. The van der Waals surface area contributed by atoms with E-state index in [-0.39, 0.29) is 5.91 Å². The lowest BCUT2D eigenvalue weighted by atomic mass is 10.1. The molecule has 3 aromatic rings. The summed E-state index contributed by atoms with van der Waals surface area (Å²) in [7, 11) is 0. The van der Waals surface area contributed by atoms with E-state index < -0.39 is 0 Å². The first-order valence-electron chi connectivity index (χ1n) is 10.1. The first kappa shape index (κ1) is 19.7. The van der Waals surface area contributed by atoms with Gasteiger partial charge in [-0.25, -0.2) is 0 Å². The van der Waals surface area contributed by atoms with Crippen LogP contribution in [0, 0.1) is 0 Å². The van der Waals surface area contributed by atoms with E-state index in [0.717, 1.165) is 35.9 Å². The standard InChI is InChI=1S/C23H24N4O3/c1-2-29-20-7-5-18(6-8-20)21-10-11-22(25-24-21)26-13-15-27(16-14-26)23(28)12-9-19-4-3-17-30-19/h3-12,17H,2,13-16H2,1H3/b12-9+. The van der Waals surface area contributed by atoms with Crippen LogP contribution in [0.3, 0.4) is 0 Å². The first-order valence-corrected chi connectivity index (χ1v) is 10.1. The van der Waals surface area contributed by atoms with Crippen molar-refractivity contribution in [1.82, 2.24) is 15.1 Å². The van der Waals surface area contributed by atoms with Crippen molar-refractivity contribution in [3.63, 3.8) is 0 Å². The third-order valence-electron chi connectivity index (χ3n) is 4.96. The smallest absolute Gasteiger partial charge is 0.246 e. The van der Waals surface area contributed by atoms with Gasteiger partial charge >= 0.3 is 0 Å². The second-order valence-corrected chi connectivity index (χ2v) is 6.90. The number of benzene rings is 1. The second-order valence-electron chi connectivity index (χ2n) is 6.90. The van der Waals surface area contributed by atoms with Crippen molar-refractivity contribution in [2.75, 3.05) is 37.7 Å². The Morgan fingerprint density at radius 2 is 1.87 bits per heavy atom. The molecule has 4 rings (SSSR count). The van der Waals surface area contributed by atoms with Gasteiger partial charge in [-0.05, 0) is 61.5 Å². The molecule has 1 saturated heterocycles. The quantitative estimate of drug-likeness (QED) is 0.586. The molecular formula is C23H24N4O3. The van der Waals surface area contributed by atoms with Crippen LogP contribution in [0.15, 0.2) is 65.3 Å². The van der Waals surface area contributed by atoms with Crippen LogP contribution >= 0.6 is 0 Å². The number of hydrogen-bond acceptors (Lipinski definition) is 6. The number of nitrogens with zero attached hydrogens (tertiary/aromatic N) is 4. The van der Waals surface area contributed by atoms with Crippen molar-refractivity contribution in [2.24, 2.45) is 0 Å². The van der Waals surface area contributed by atoms with Crippen molar-refractivity contribution in [3.05, 3.63) is 66.6 Å². The van der Waals surface area contributed by atoms with Crippen molar-refractivity contribution >= 4 is 17.8 Å². The normalized spacial score (nSPS) is 14.3. The zero-order valence-corrected chi connectivity index (χ0v) is 16.9. The van der Waals surface area contributed by atoms with Crippen LogP contribution in [-0.4, -0.2) is 53.8 Å². The van der Waals surface area contributed by atoms with Crippen LogP contribution in [0.25, 0.3) is 17.3 Å². The number of amides is 1. The number of piperazine rings is 1. The highest BCUT2D eigenvalue weighted by molar-refractivity contribution is 5.91. The molecule has 0 atom stereocenters. The average Bonchev–Trinajstić information content (AvgIpc) is 3.32. The largest absolute Gasteiger partial charge is 0.494 e. The van der Waals surface area contributed by atoms with E-state index in [4.69, 9.17) is 9.15 Å². The van der Waals surface area contributed by atoms with Gasteiger partial charge < -0.3 is 19.0 Å². The minimum absolute atomic E-state index is 0.0111. The monoisotopic (exact) mass is 404 g/mol. The average molecular weight is 404 g/mol. The van der Waals surface area contributed by atoms with Gasteiger partial charge in [-0.2, -0.15) is 0 Å². The molecule has 7 nitrogen and oxygen atoms in total. The summed E-state index contributed by atoms with van der Waals surface area (Å²) in [5.74, 6) is 2.33. The molecule has 7 heteroatoms. The first-order chi connectivity index (χ1) is 14.7. The molecule has 0 N–H and O–H groups in total. The van der Waals surface area contributed by atoms with Gasteiger partial charge in [0, 0.05) is 37.8 Å². The maximum Gasteiger partial charge on any atom is 0.246 e. The number of rotatable bonds is 6. The summed E-state index contributed by atoms with van der Waals surface area (Å²) in [6, 6.07) is 15.4. The fourth-order valence-electron chi connectivity index (χ4n) is 3.34. The van der Waals surface area contributed by atoms with Crippen LogP contribution in [-0.2, 0) is 4.79 Å². The van der Waals surface area contributed by atoms with Gasteiger partial charge in [0.1, 0.15) is 11.5 Å². The third kappa shape index (κ3) is 4.68. The van der Waals surface area contributed by atoms with Crippen molar-refractivity contribution in [2.45, 2.75) is 6.92 Å². The predicted molar refractivity (Wildman–Crippen MR) is 115 cm³/mol. The molecule has 154 valence electrons. The number of anilines is 1. The maximum absolute atomic E-state index is 12.3. The lowest BCUT2D eigenvalue weighted by molar-refractivity contribution is -0.126. The molecule has 1 aliphatic heterocycles. The van der Waals surface area contributed by atoms with Crippen LogP contribution in [0.4, 0.5) is 5.82 Å². The molecule has 1 aromatic carbocycles. The molecule has 2 aromatic heterocycles. The molecule has 30 heavy (non-hydrogen) atoms. The Morgan fingerprint density at radius 3 is 2.50 bits per heavy atom. The number of aromatic nitrogens is 2. The Labute approximate surface area is 175 Å². The molecule has 0 unspecified atom stereocenters. The zero-order valence-electron chi connectivity index (χ0n) is 16.9. The number of furan rings is 1. The molecule has 0 aliphatic carbocycles. The number of ether oxygens (including phenoxy) is 1. The Kier molecular flexibility index (Phi) is 6.08. The summed E-state index contributed by atoms with van der Waals surface area (Å²) in [5.41, 5.74) is 1.81. The Balaban J connectivity index is 1.33. The highest BCUT2D eigenvalue weighted by Crippen LogP contribution is 2.22.